The summed E-state index contributed by atoms with van der Waals surface area (Å²) in [6, 6.07) is 13.3. The first-order chi connectivity index (χ1) is 16.1. The van der Waals surface area contributed by atoms with Gasteiger partial charge in [-0.1, -0.05) is 12.1 Å². The van der Waals surface area contributed by atoms with Gasteiger partial charge in [0.15, 0.2) is 0 Å². The molecule has 1 aliphatic rings. The van der Waals surface area contributed by atoms with Crippen LogP contribution >= 0.6 is 22.7 Å². The van der Waals surface area contributed by atoms with Gasteiger partial charge in [0.1, 0.15) is 10.4 Å². The number of rotatable bonds is 6. The molecule has 0 atom stereocenters. The summed E-state index contributed by atoms with van der Waals surface area (Å²) in [5.41, 5.74) is 1.33. The first-order valence-electron chi connectivity index (χ1n) is 10.8. The van der Waals surface area contributed by atoms with E-state index in [1.165, 1.54) is 11.3 Å². The van der Waals surface area contributed by atoms with Gasteiger partial charge < -0.3 is 15.0 Å². The Kier molecular flexibility index (Phi) is 6.15. The predicted octanol–water partition coefficient (Wildman–Crippen LogP) is 4.05. The molecule has 0 unspecified atom stereocenters. The highest BCUT2D eigenvalue weighted by Gasteiger charge is 2.28. The zero-order chi connectivity index (χ0) is 22.8. The molecule has 33 heavy (non-hydrogen) atoms. The second-order valence-corrected chi connectivity index (χ2v) is 9.90. The van der Waals surface area contributed by atoms with Gasteiger partial charge in [-0.25, -0.2) is 9.55 Å². The van der Waals surface area contributed by atoms with Gasteiger partial charge in [0, 0.05) is 30.0 Å². The molecule has 5 rings (SSSR count). The molecule has 0 aliphatic carbocycles. The van der Waals surface area contributed by atoms with Gasteiger partial charge in [0.25, 0.3) is 5.56 Å². The highest BCUT2D eigenvalue weighted by atomic mass is 32.1. The van der Waals surface area contributed by atoms with Crippen LogP contribution in [0.2, 0.25) is 0 Å². The molecular weight excluding hydrogens is 456 g/mol. The van der Waals surface area contributed by atoms with E-state index in [9.17, 15) is 9.59 Å². The summed E-state index contributed by atoms with van der Waals surface area (Å²) in [6.45, 7) is 1.88. The van der Waals surface area contributed by atoms with E-state index in [-0.39, 0.29) is 17.4 Å². The number of aromatic nitrogens is 2. The van der Waals surface area contributed by atoms with E-state index >= 15 is 0 Å². The third-order valence-corrected chi connectivity index (χ3v) is 7.71. The summed E-state index contributed by atoms with van der Waals surface area (Å²) in [4.78, 5) is 34.2. The number of benzene rings is 1. The predicted molar refractivity (Wildman–Crippen MR) is 133 cm³/mol. The molecule has 1 saturated heterocycles. The third-order valence-electron chi connectivity index (χ3n) is 5.94. The molecule has 0 radical (unpaired) electrons. The molecule has 0 bridgehead atoms. The SMILES string of the molecule is COc1cccc(-n2c(N3CCC(C(=O)NCc4cccs4)CC3)nc3ccsc3c2=O)c1. The van der Waals surface area contributed by atoms with Gasteiger partial charge in [-0.3, -0.25) is 9.59 Å². The summed E-state index contributed by atoms with van der Waals surface area (Å²) in [6.07, 6.45) is 1.43. The highest BCUT2D eigenvalue weighted by molar-refractivity contribution is 7.17. The smallest absolute Gasteiger partial charge is 0.277 e. The van der Waals surface area contributed by atoms with Crippen molar-refractivity contribution in [2.24, 2.45) is 5.92 Å². The highest BCUT2D eigenvalue weighted by Crippen LogP contribution is 2.27. The van der Waals surface area contributed by atoms with Gasteiger partial charge in [0.2, 0.25) is 11.9 Å². The molecule has 1 aromatic carbocycles. The Balaban J connectivity index is 1.39. The summed E-state index contributed by atoms with van der Waals surface area (Å²) < 4.78 is 7.67. The van der Waals surface area contributed by atoms with Crippen molar-refractivity contribution in [3.8, 4) is 11.4 Å². The molecule has 170 valence electrons. The van der Waals surface area contributed by atoms with Crippen molar-refractivity contribution in [1.82, 2.24) is 14.9 Å². The number of nitrogens with zero attached hydrogens (tertiary/aromatic N) is 3. The molecule has 1 amide bonds. The van der Waals surface area contributed by atoms with Crippen LogP contribution in [-0.2, 0) is 11.3 Å². The van der Waals surface area contributed by atoms with E-state index in [2.05, 4.69) is 10.2 Å². The van der Waals surface area contributed by atoms with Crippen molar-refractivity contribution in [2.45, 2.75) is 19.4 Å². The number of nitrogens with one attached hydrogen (secondary N) is 1. The van der Waals surface area contributed by atoms with E-state index in [1.807, 2.05) is 53.2 Å². The lowest BCUT2D eigenvalue weighted by molar-refractivity contribution is -0.125. The number of anilines is 1. The van der Waals surface area contributed by atoms with Crippen LogP contribution in [0.3, 0.4) is 0 Å². The summed E-state index contributed by atoms with van der Waals surface area (Å²) >= 11 is 3.04. The Morgan fingerprint density at radius 2 is 2.00 bits per heavy atom. The average Bonchev–Trinajstić information content (AvgIpc) is 3.55. The minimum Gasteiger partial charge on any atom is -0.497 e. The van der Waals surface area contributed by atoms with E-state index in [0.717, 1.165) is 4.88 Å². The monoisotopic (exact) mass is 480 g/mol. The van der Waals surface area contributed by atoms with Crippen molar-refractivity contribution in [3.63, 3.8) is 0 Å². The molecule has 9 heteroatoms. The minimum absolute atomic E-state index is 0.0388. The van der Waals surface area contributed by atoms with Crippen molar-refractivity contribution in [1.29, 1.82) is 0 Å². The fourth-order valence-corrected chi connectivity index (χ4v) is 5.57. The number of hydrogen-bond donors (Lipinski definition) is 1. The number of carbonyl (C=O) groups excluding carboxylic acids is 1. The normalized spacial score (nSPS) is 14.5. The van der Waals surface area contributed by atoms with Crippen LogP contribution in [0, 0.1) is 5.92 Å². The van der Waals surface area contributed by atoms with Crippen LogP contribution in [0.4, 0.5) is 5.95 Å². The molecule has 1 N–H and O–H groups in total. The third kappa shape index (κ3) is 4.38. The molecular formula is C24H24N4O3S2. The quantitative estimate of drug-likeness (QED) is 0.451. The summed E-state index contributed by atoms with van der Waals surface area (Å²) in [5.74, 6) is 1.34. The molecule has 1 aliphatic heterocycles. The lowest BCUT2D eigenvalue weighted by Crippen LogP contribution is -2.42. The van der Waals surface area contributed by atoms with E-state index < -0.39 is 0 Å². The fourth-order valence-electron chi connectivity index (χ4n) is 4.17. The van der Waals surface area contributed by atoms with E-state index in [1.54, 1.807) is 23.0 Å². The molecule has 0 spiro atoms. The zero-order valence-electron chi connectivity index (χ0n) is 18.2. The Bertz CT molecular complexity index is 1320. The number of fused-ring (bicyclic) bond motifs is 1. The van der Waals surface area contributed by atoms with Crippen LogP contribution in [0.25, 0.3) is 15.9 Å². The second kappa shape index (κ2) is 9.36. The lowest BCUT2D eigenvalue weighted by atomic mass is 9.96. The standard InChI is InChI=1S/C24H24N4O3S2/c1-31-18-5-2-4-17(14-18)28-23(30)21-20(9-13-33-21)26-24(28)27-10-7-16(8-11-27)22(29)25-15-19-6-3-12-32-19/h2-6,9,12-14,16H,7-8,10-11,15H2,1H3,(H,25,29). The van der Waals surface area contributed by atoms with Crippen LogP contribution in [0.1, 0.15) is 17.7 Å². The molecule has 1 fully saturated rings. The van der Waals surface area contributed by atoms with E-state index in [0.29, 0.717) is 60.1 Å². The maximum absolute atomic E-state index is 13.4. The number of ether oxygens (including phenoxy) is 1. The second-order valence-electron chi connectivity index (χ2n) is 7.95. The van der Waals surface area contributed by atoms with Crippen LogP contribution in [0.15, 0.2) is 58.0 Å². The summed E-state index contributed by atoms with van der Waals surface area (Å²) in [5, 5.41) is 6.96. The van der Waals surface area contributed by atoms with Gasteiger partial charge >= 0.3 is 0 Å². The largest absolute Gasteiger partial charge is 0.497 e. The fraction of sp³-hybridized carbons (Fsp3) is 0.292. The summed E-state index contributed by atoms with van der Waals surface area (Å²) in [7, 11) is 1.61. The molecule has 3 aromatic heterocycles. The van der Waals surface area contributed by atoms with Gasteiger partial charge in [-0.2, -0.15) is 0 Å². The molecule has 0 saturated carbocycles. The van der Waals surface area contributed by atoms with Crippen LogP contribution in [0.5, 0.6) is 5.75 Å². The Morgan fingerprint density at radius 1 is 1.15 bits per heavy atom. The van der Waals surface area contributed by atoms with Crippen molar-refractivity contribution < 1.29 is 9.53 Å². The minimum atomic E-state index is -0.0888. The Labute approximate surface area is 199 Å². The number of amides is 1. The number of carbonyl (C=O) groups is 1. The van der Waals surface area contributed by atoms with Crippen molar-refractivity contribution in [2.75, 3.05) is 25.1 Å². The van der Waals surface area contributed by atoms with Crippen LogP contribution in [-0.4, -0.2) is 35.7 Å². The average molecular weight is 481 g/mol. The maximum Gasteiger partial charge on any atom is 0.277 e. The van der Waals surface area contributed by atoms with Crippen molar-refractivity contribution >= 4 is 44.7 Å². The topological polar surface area (TPSA) is 76.5 Å². The lowest BCUT2D eigenvalue weighted by Gasteiger charge is -2.33. The van der Waals surface area contributed by atoms with Gasteiger partial charge in [-0.05, 0) is 47.9 Å². The molecule has 7 nitrogen and oxygen atoms in total. The molecule has 4 heterocycles. The molecule has 4 aromatic rings. The first kappa shape index (κ1) is 21.7. The maximum atomic E-state index is 13.4. The number of hydrogen-bond acceptors (Lipinski definition) is 7. The number of thiophene rings is 2. The van der Waals surface area contributed by atoms with Gasteiger partial charge in [-0.15, -0.1) is 22.7 Å². The van der Waals surface area contributed by atoms with E-state index in [4.69, 9.17) is 9.72 Å². The van der Waals surface area contributed by atoms with Crippen molar-refractivity contribution in [3.05, 3.63) is 68.5 Å². The van der Waals surface area contributed by atoms with Crippen LogP contribution < -0.4 is 20.5 Å². The Hall–Kier alpha value is -3.17. The number of methoxy groups -OCH3 is 1. The zero-order valence-corrected chi connectivity index (χ0v) is 19.8. The van der Waals surface area contributed by atoms with Gasteiger partial charge in [0.05, 0.1) is 24.9 Å². The Morgan fingerprint density at radius 3 is 2.76 bits per heavy atom. The first-order valence-corrected chi connectivity index (χ1v) is 12.6. The number of piperidine rings is 1.